The number of allylic oxidation sites excluding steroid dienone is 1. The second-order valence-electron chi connectivity index (χ2n) is 9.47. The minimum Gasteiger partial charge on any atom is -0.468 e. The maximum atomic E-state index is 13.6. The van der Waals surface area contributed by atoms with Gasteiger partial charge in [-0.05, 0) is 38.5 Å². The van der Waals surface area contributed by atoms with E-state index in [4.69, 9.17) is 9.47 Å². The van der Waals surface area contributed by atoms with Crippen LogP contribution in [0.25, 0.3) is 0 Å². The number of piperidine rings is 1. The molecule has 0 aromatic heterocycles. The number of nitrogens with one attached hydrogen (secondary N) is 1. The van der Waals surface area contributed by atoms with Crippen molar-refractivity contribution in [1.82, 2.24) is 10.2 Å². The van der Waals surface area contributed by atoms with E-state index in [9.17, 15) is 14.4 Å². The van der Waals surface area contributed by atoms with Crippen LogP contribution in [-0.2, 0) is 23.9 Å². The van der Waals surface area contributed by atoms with Gasteiger partial charge in [0.25, 0.3) is 0 Å². The number of ether oxygens (including phenoxy) is 2. The Morgan fingerprint density at radius 1 is 1.12 bits per heavy atom. The largest absolute Gasteiger partial charge is 0.468 e. The third kappa shape index (κ3) is 7.56. The molecule has 7 heteroatoms. The molecule has 7 nitrogen and oxygen atoms in total. The maximum Gasteiger partial charge on any atom is 0.317 e. The van der Waals surface area contributed by atoms with E-state index in [1.54, 1.807) is 7.11 Å². The highest BCUT2D eigenvalue weighted by Crippen LogP contribution is 2.49. The number of hydrogen-bond donors (Lipinski definition) is 1. The molecule has 1 aliphatic carbocycles. The van der Waals surface area contributed by atoms with Crippen molar-refractivity contribution in [3.63, 3.8) is 0 Å². The third-order valence-corrected chi connectivity index (χ3v) is 6.98. The first-order valence-electron chi connectivity index (χ1n) is 12.9. The van der Waals surface area contributed by atoms with Crippen LogP contribution >= 0.6 is 0 Å². The molecule has 0 spiro atoms. The fourth-order valence-corrected chi connectivity index (χ4v) is 5.22. The molecule has 2 aliphatic rings. The fraction of sp³-hybridized carbons (Fsp3) is 0.808. The van der Waals surface area contributed by atoms with Crippen LogP contribution in [0, 0.1) is 11.3 Å². The Bertz CT molecular complexity index is 678. The van der Waals surface area contributed by atoms with Crippen LogP contribution in [0.1, 0.15) is 90.4 Å². The van der Waals surface area contributed by atoms with Gasteiger partial charge in [-0.25, -0.2) is 0 Å². The highest BCUT2D eigenvalue weighted by Gasteiger charge is 2.53. The first kappa shape index (κ1) is 27.4. The van der Waals surface area contributed by atoms with Crippen LogP contribution in [0.5, 0.6) is 0 Å². The van der Waals surface area contributed by atoms with Crippen LogP contribution in [0.4, 0.5) is 0 Å². The summed E-state index contributed by atoms with van der Waals surface area (Å²) in [5.74, 6) is -0.961. The van der Waals surface area contributed by atoms with Gasteiger partial charge in [0.2, 0.25) is 11.8 Å². The van der Waals surface area contributed by atoms with Gasteiger partial charge in [0, 0.05) is 44.8 Å². The molecule has 0 unspecified atom stereocenters. The Morgan fingerprint density at radius 2 is 1.88 bits per heavy atom. The lowest BCUT2D eigenvalue weighted by atomic mass is 9.69. The third-order valence-electron chi connectivity index (χ3n) is 6.98. The van der Waals surface area contributed by atoms with Gasteiger partial charge in [-0.15, -0.1) is 0 Å². The zero-order chi connectivity index (χ0) is 24.1. The number of nitrogens with zero attached hydrogens (tertiary/aromatic N) is 1. The Labute approximate surface area is 199 Å². The van der Waals surface area contributed by atoms with Crippen molar-refractivity contribution in [3.8, 4) is 0 Å². The minimum atomic E-state index is -0.831. The Hall–Kier alpha value is -1.89. The van der Waals surface area contributed by atoms with Gasteiger partial charge in [-0.1, -0.05) is 51.5 Å². The van der Waals surface area contributed by atoms with Gasteiger partial charge in [0.15, 0.2) is 0 Å². The molecule has 0 bridgehead atoms. The number of carbonyl (C=O) groups excluding carboxylic acids is 3. The van der Waals surface area contributed by atoms with E-state index in [1.165, 1.54) is 26.4 Å². The summed E-state index contributed by atoms with van der Waals surface area (Å²) in [4.78, 5) is 41.1. The zero-order valence-electron chi connectivity index (χ0n) is 21.0. The van der Waals surface area contributed by atoms with Gasteiger partial charge in [-0.3, -0.25) is 14.4 Å². The number of likely N-dealkylation sites (tertiary alicyclic amines) is 1. The second-order valence-corrected chi connectivity index (χ2v) is 9.47. The van der Waals surface area contributed by atoms with E-state index in [2.05, 4.69) is 18.3 Å². The lowest BCUT2D eigenvalue weighted by molar-refractivity contribution is -0.159. The lowest BCUT2D eigenvalue weighted by Crippen LogP contribution is -2.53. The molecule has 33 heavy (non-hydrogen) atoms. The number of carbonyl (C=O) groups is 3. The number of esters is 1. The number of hydrogen-bond acceptors (Lipinski definition) is 5. The molecule has 0 aromatic carbocycles. The van der Waals surface area contributed by atoms with E-state index in [0.29, 0.717) is 32.5 Å². The number of unbranched alkanes of at least 4 members (excludes halogenated alkanes) is 5. The smallest absolute Gasteiger partial charge is 0.317 e. The molecule has 1 saturated heterocycles. The maximum absolute atomic E-state index is 13.6. The van der Waals surface area contributed by atoms with Crippen molar-refractivity contribution in [1.29, 1.82) is 0 Å². The predicted octanol–water partition coefficient (Wildman–Crippen LogP) is 4.36. The molecular weight excluding hydrogens is 420 g/mol. The summed E-state index contributed by atoms with van der Waals surface area (Å²) in [6, 6.07) is 0. The quantitative estimate of drug-likeness (QED) is 0.305. The van der Waals surface area contributed by atoms with E-state index < -0.39 is 11.3 Å². The standard InChI is InChI=1S/C26H44N2O5/c1-4-5-6-7-8-12-17-28-22-14-10-9-11-15-26(22,25(31)33-3)20-21(24(28)30)19-23(29)27-16-13-18-32-2/h14,21H,4-13,15-20H2,1-3H3,(H,27,29)/t21-,26+/m1/s1. The Balaban J connectivity index is 2.18. The normalized spacial score (nSPS) is 22.9. The summed E-state index contributed by atoms with van der Waals surface area (Å²) >= 11 is 0. The average Bonchev–Trinajstić information content (AvgIpc) is 3.03. The van der Waals surface area contributed by atoms with Crippen LogP contribution in [0.15, 0.2) is 11.8 Å². The molecule has 1 fully saturated rings. The van der Waals surface area contributed by atoms with Crippen molar-refractivity contribution in [2.45, 2.75) is 90.4 Å². The molecule has 2 amide bonds. The number of methoxy groups -OCH3 is 2. The molecule has 2 atom stereocenters. The topological polar surface area (TPSA) is 84.9 Å². The Kier molecular flexibility index (Phi) is 11.9. The van der Waals surface area contributed by atoms with Crippen LogP contribution in [0.3, 0.4) is 0 Å². The van der Waals surface area contributed by atoms with Crippen molar-refractivity contribution in [3.05, 3.63) is 11.8 Å². The van der Waals surface area contributed by atoms with E-state index >= 15 is 0 Å². The molecule has 2 rings (SSSR count). The van der Waals surface area contributed by atoms with Crippen molar-refractivity contribution >= 4 is 17.8 Å². The van der Waals surface area contributed by atoms with E-state index in [1.807, 2.05) is 4.90 Å². The van der Waals surface area contributed by atoms with Crippen molar-refractivity contribution in [2.75, 3.05) is 33.9 Å². The fourth-order valence-electron chi connectivity index (χ4n) is 5.22. The molecule has 0 saturated carbocycles. The van der Waals surface area contributed by atoms with E-state index in [-0.39, 0.29) is 24.2 Å². The lowest BCUT2D eigenvalue weighted by Gasteiger charge is -2.46. The first-order chi connectivity index (χ1) is 16.0. The SMILES string of the molecule is CCCCCCCCN1C(=O)[C@H](CC(=O)NCCCOC)C[C@@]2(C(=O)OC)CCCCC=C12. The molecule has 1 N–H and O–H groups in total. The summed E-state index contributed by atoms with van der Waals surface area (Å²) in [5.41, 5.74) is -0.00954. The average molecular weight is 465 g/mol. The molecule has 0 aromatic rings. The number of rotatable bonds is 14. The summed E-state index contributed by atoms with van der Waals surface area (Å²) in [6.07, 6.45) is 13.5. The second kappa shape index (κ2) is 14.4. The predicted molar refractivity (Wildman–Crippen MR) is 128 cm³/mol. The summed E-state index contributed by atoms with van der Waals surface area (Å²) in [7, 11) is 3.05. The Morgan fingerprint density at radius 3 is 2.61 bits per heavy atom. The van der Waals surface area contributed by atoms with Gasteiger partial charge in [0.05, 0.1) is 7.11 Å². The monoisotopic (exact) mass is 464 g/mol. The van der Waals surface area contributed by atoms with Gasteiger partial charge < -0.3 is 19.7 Å². The molecule has 1 aliphatic heterocycles. The van der Waals surface area contributed by atoms with Crippen LogP contribution in [-0.4, -0.2) is 56.6 Å². The van der Waals surface area contributed by atoms with Gasteiger partial charge >= 0.3 is 5.97 Å². The highest BCUT2D eigenvalue weighted by molar-refractivity contribution is 5.92. The molecular formula is C26H44N2O5. The highest BCUT2D eigenvalue weighted by atomic mass is 16.5. The zero-order valence-corrected chi connectivity index (χ0v) is 21.0. The van der Waals surface area contributed by atoms with Crippen LogP contribution in [0.2, 0.25) is 0 Å². The molecule has 0 radical (unpaired) electrons. The minimum absolute atomic E-state index is 0.0247. The molecule has 1 heterocycles. The van der Waals surface area contributed by atoms with Crippen molar-refractivity contribution in [2.24, 2.45) is 11.3 Å². The number of fused-ring (bicyclic) bond motifs is 1. The summed E-state index contributed by atoms with van der Waals surface area (Å²) < 4.78 is 10.3. The van der Waals surface area contributed by atoms with Crippen molar-refractivity contribution < 1.29 is 23.9 Å². The number of amides is 2. The van der Waals surface area contributed by atoms with E-state index in [0.717, 1.165) is 50.6 Å². The first-order valence-corrected chi connectivity index (χ1v) is 12.9. The summed E-state index contributed by atoms with van der Waals surface area (Å²) in [6.45, 7) is 3.89. The molecule has 188 valence electrons. The van der Waals surface area contributed by atoms with Gasteiger partial charge in [-0.2, -0.15) is 0 Å². The van der Waals surface area contributed by atoms with Gasteiger partial charge in [0.1, 0.15) is 5.41 Å². The van der Waals surface area contributed by atoms with Crippen LogP contribution < -0.4 is 5.32 Å². The summed E-state index contributed by atoms with van der Waals surface area (Å²) in [5, 5.41) is 2.89.